The second-order valence-electron chi connectivity index (χ2n) is 6.33. The summed E-state index contributed by atoms with van der Waals surface area (Å²) in [4.78, 5) is 23.1. The number of carbonyl (C=O) groups excluding carboxylic acids is 1. The third-order valence-corrected chi connectivity index (χ3v) is 5.99. The van der Waals surface area contributed by atoms with Crippen LogP contribution in [0.5, 0.6) is 0 Å². The van der Waals surface area contributed by atoms with E-state index in [4.69, 9.17) is 5.11 Å². The van der Waals surface area contributed by atoms with E-state index in [-0.39, 0.29) is 30.7 Å². The van der Waals surface area contributed by atoms with Gasteiger partial charge in [0.15, 0.2) is 0 Å². The van der Waals surface area contributed by atoms with Gasteiger partial charge in [-0.15, -0.1) is 0 Å². The van der Waals surface area contributed by atoms with Crippen molar-refractivity contribution in [3.05, 3.63) is 0 Å². The molecule has 1 heterocycles. The second kappa shape index (κ2) is 7.41. The minimum atomic E-state index is -3.27. The largest absolute Gasteiger partial charge is 0.481 e. The molecule has 0 aromatic heterocycles. The number of sulfonamides is 1. The Balaban J connectivity index is 2.51. The van der Waals surface area contributed by atoms with Gasteiger partial charge in [0, 0.05) is 19.6 Å². The highest BCUT2D eigenvalue weighted by atomic mass is 32.2. The zero-order valence-corrected chi connectivity index (χ0v) is 14.3. The molecule has 2 N–H and O–H groups in total. The summed E-state index contributed by atoms with van der Waals surface area (Å²) in [5, 5.41) is 11.8. The predicted molar refractivity (Wildman–Crippen MR) is 82.8 cm³/mol. The monoisotopic (exact) mass is 334 g/mol. The van der Waals surface area contributed by atoms with E-state index in [1.165, 1.54) is 4.31 Å². The molecule has 22 heavy (non-hydrogen) atoms. The van der Waals surface area contributed by atoms with E-state index in [2.05, 4.69) is 5.32 Å². The van der Waals surface area contributed by atoms with Crippen molar-refractivity contribution in [1.82, 2.24) is 9.62 Å². The molecule has 1 amide bonds. The Kier molecular flexibility index (Phi) is 6.37. The average Bonchev–Trinajstić information content (AvgIpc) is 2.47. The molecule has 0 radical (unpaired) electrons. The lowest BCUT2D eigenvalue weighted by Crippen LogP contribution is -2.46. The van der Waals surface area contributed by atoms with Crippen LogP contribution in [-0.4, -0.2) is 55.1 Å². The summed E-state index contributed by atoms with van der Waals surface area (Å²) in [6, 6.07) is 0. The Morgan fingerprint density at radius 2 is 2.00 bits per heavy atom. The molecule has 128 valence electrons. The maximum atomic E-state index is 12.1. The second-order valence-corrected chi connectivity index (χ2v) is 8.59. The lowest BCUT2D eigenvalue weighted by molar-refractivity contribution is -0.147. The van der Waals surface area contributed by atoms with Crippen molar-refractivity contribution in [1.29, 1.82) is 0 Å². The van der Waals surface area contributed by atoms with E-state index < -0.39 is 21.4 Å². The summed E-state index contributed by atoms with van der Waals surface area (Å²) < 4.78 is 25.1. The number of carbonyl (C=O) groups is 2. The van der Waals surface area contributed by atoms with Crippen LogP contribution in [-0.2, 0) is 19.6 Å². The first-order valence-electron chi connectivity index (χ1n) is 7.59. The molecule has 1 saturated heterocycles. The summed E-state index contributed by atoms with van der Waals surface area (Å²) >= 11 is 0. The Morgan fingerprint density at radius 1 is 1.36 bits per heavy atom. The normalized spacial score (nSPS) is 20.6. The van der Waals surface area contributed by atoms with Crippen molar-refractivity contribution in [3.63, 3.8) is 0 Å². The van der Waals surface area contributed by atoms with E-state index in [1.54, 1.807) is 20.8 Å². The standard InChI is InChI=1S/C14H26N2O5S/c1-4-22(20,21)16-9-5-6-11(10-16)12(17)15-8-7-14(2,3)13(18)19/h11H,4-10H2,1-3H3,(H,15,17)(H,18,19). The van der Waals surface area contributed by atoms with Gasteiger partial charge in [-0.25, -0.2) is 12.7 Å². The number of amides is 1. The number of nitrogens with zero attached hydrogens (tertiary/aromatic N) is 1. The van der Waals surface area contributed by atoms with E-state index in [9.17, 15) is 18.0 Å². The zero-order chi connectivity index (χ0) is 17.0. The van der Waals surface area contributed by atoms with Gasteiger partial charge in [0.1, 0.15) is 0 Å². The Bertz CT molecular complexity index is 515. The molecule has 1 unspecified atom stereocenters. The number of piperidine rings is 1. The maximum Gasteiger partial charge on any atom is 0.309 e. The molecule has 1 aliphatic heterocycles. The molecule has 0 spiro atoms. The van der Waals surface area contributed by atoms with Crippen molar-refractivity contribution in [3.8, 4) is 0 Å². The van der Waals surface area contributed by atoms with E-state index in [0.29, 0.717) is 25.8 Å². The molecular formula is C14H26N2O5S. The van der Waals surface area contributed by atoms with Gasteiger partial charge >= 0.3 is 5.97 Å². The van der Waals surface area contributed by atoms with Crippen molar-refractivity contribution < 1.29 is 23.1 Å². The number of nitrogens with one attached hydrogen (secondary N) is 1. The molecule has 0 aliphatic carbocycles. The summed E-state index contributed by atoms with van der Waals surface area (Å²) in [7, 11) is -3.27. The van der Waals surface area contributed by atoms with Crippen LogP contribution in [0.25, 0.3) is 0 Å². The van der Waals surface area contributed by atoms with Crippen LogP contribution in [0.15, 0.2) is 0 Å². The molecule has 7 nitrogen and oxygen atoms in total. The minimum absolute atomic E-state index is 0.0359. The molecular weight excluding hydrogens is 308 g/mol. The maximum absolute atomic E-state index is 12.1. The number of carboxylic acids is 1. The molecule has 0 aromatic rings. The Hall–Kier alpha value is -1.15. The number of aliphatic carboxylic acids is 1. The molecule has 0 bridgehead atoms. The topological polar surface area (TPSA) is 104 Å². The van der Waals surface area contributed by atoms with E-state index in [1.807, 2.05) is 0 Å². The van der Waals surface area contributed by atoms with Crippen molar-refractivity contribution in [2.24, 2.45) is 11.3 Å². The third kappa shape index (κ3) is 4.95. The first kappa shape index (κ1) is 18.9. The molecule has 1 atom stereocenters. The average molecular weight is 334 g/mol. The quantitative estimate of drug-likeness (QED) is 0.712. The first-order chi connectivity index (χ1) is 10.1. The van der Waals surface area contributed by atoms with Crippen LogP contribution >= 0.6 is 0 Å². The Morgan fingerprint density at radius 3 is 2.55 bits per heavy atom. The van der Waals surface area contributed by atoms with Crippen molar-refractivity contribution in [2.75, 3.05) is 25.4 Å². The highest BCUT2D eigenvalue weighted by molar-refractivity contribution is 7.89. The van der Waals surface area contributed by atoms with Crippen LogP contribution in [0.4, 0.5) is 0 Å². The van der Waals surface area contributed by atoms with Gasteiger partial charge in [-0.05, 0) is 40.0 Å². The fourth-order valence-corrected chi connectivity index (χ4v) is 3.52. The van der Waals surface area contributed by atoms with Crippen LogP contribution in [0.1, 0.15) is 40.0 Å². The molecule has 0 saturated carbocycles. The fraction of sp³-hybridized carbons (Fsp3) is 0.857. The van der Waals surface area contributed by atoms with Crippen molar-refractivity contribution in [2.45, 2.75) is 40.0 Å². The smallest absolute Gasteiger partial charge is 0.309 e. The van der Waals surface area contributed by atoms with E-state index in [0.717, 1.165) is 0 Å². The van der Waals surface area contributed by atoms with Gasteiger partial charge in [0.05, 0.1) is 17.1 Å². The summed E-state index contributed by atoms with van der Waals surface area (Å²) in [6.45, 7) is 5.76. The molecule has 8 heteroatoms. The Labute approximate surface area is 132 Å². The third-order valence-electron chi connectivity index (χ3n) is 4.14. The zero-order valence-electron chi connectivity index (χ0n) is 13.5. The predicted octanol–water partition coefficient (Wildman–Crippen LogP) is 0.665. The SMILES string of the molecule is CCS(=O)(=O)N1CCCC(C(=O)NCCC(C)(C)C(=O)O)C1. The highest BCUT2D eigenvalue weighted by Crippen LogP contribution is 2.21. The number of hydrogen-bond donors (Lipinski definition) is 2. The lowest BCUT2D eigenvalue weighted by atomic mass is 9.89. The summed E-state index contributed by atoms with van der Waals surface area (Å²) in [5.74, 6) is -1.42. The van der Waals surface area contributed by atoms with Crippen molar-refractivity contribution >= 4 is 21.9 Å². The van der Waals surface area contributed by atoms with Crippen LogP contribution < -0.4 is 5.32 Å². The molecule has 1 fully saturated rings. The number of carboxylic acid groups (broad SMARTS) is 1. The molecule has 0 aromatic carbocycles. The fourth-order valence-electron chi connectivity index (χ4n) is 2.34. The van der Waals surface area contributed by atoms with Gasteiger partial charge < -0.3 is 10.4 Å². The van der Waals surface area contributed by atoms with Gasteiger partial charge in [-0.3, -0.25) is 9.59 Å². The van der Waals surface area contributed by atoms with Gasteiger partial charge in [-0.2, -0.15) is 0 Å². The van der Waals surface area contributed by atoms with Gasteiger partial charge in [-0.1, -0.05) is 0 Å². The number of rotatable bonds is 7. The van der Waals surface area contributed by atoms with Crippen LogP contribution in [0.3, 0.4) is 0 Å². The number of hydrogen-bond acceptors (Lipinski definition) is 4. The minimum Gasteiger partial charge on any atom is -0.481 e. The highest BCUT2D eigenvalue weighted by Gasteiger charge is 2.32. The first-order valence-corrected chi connectivity index (χ1v) is 9.20. The summed E-state index contributed by atoms with van der Waals surface area (Å²) in [6.07, 6.45) is 1.65. The lowest BCUT2D eigenvalue weighted by Gasteiger charge is -2.31. The van der Waals surface area contributed by atoms with E-state index >= 15 is 0 Å². The molecule has 1 rings (SSSR count). The summed E-state index contributed by atoms with van der Waals surface area (Å²) in [5.41, 5.74) is -0.891. The molecule has 1 aliphatic rings. The van der Waals surface area contributed by atoms with Gasteiger partial charge in [0.2, 0.25) is 15.9 Å². The van der Waals surface area contributed by atoms with Crippen LogP contribution in [0.2, 0.25) is 0 Å². The van der Waals surface area contributed by atoms with Gasteiger partial charge in [0.25, 0.3) is 0 Å². The van der Waals surface area contributed by atoms with Crippen LogP contribution in [0, 0.1) is 11.3 Å².